The van der Waals surface area contributed by atoms with E-state index in [4.69, 9.17) is 11.6 Å². The summed E-state index contributed by atoms with van der Waals surface area (Å²) in [5.41, 5.74) is 3.17. The lowest BCUT2D eigenvalue weighted by Crippen LogP contribution is -2.09. The van der Waals surface area contributed by atoms with Crippen molar-refractivity contribution in [2.45, 2.75) is 0 Å². The second-order valence-electron chi connectivity index (χ2n) is 4.39. The summed E-state index contributed by atoms with van der Waals surface area (Å²) in [7, 11) is 2.05. The largest absolute Gasteiger partial charge is 0.344 e. The predicted octanol–water partition coefficient (Wildman–Crippen LogP) is 4.66. The van der Waals surface area contributed by atoms with Gasteiger partial charge in [-0.25, -0.2) is 0 Å². The summed E-state index contributed by atoms with van der Waals surface area (Å²) in [5, 5.41) is 1.80. The minimum atomic E-state index is 0.708. The van der Waals surface area contributed by atoms with Crippen LogP contribution in [-0.2, 0) is 0 Å². The van der Waals surface area contributed by atoms with Crippen LogP contribution in [-0.4, -0.2) is 12.0 Å². The molecule has 19 heavy (non-hydrogen) atoms. The highest BCUT2D eigenvalue weighted by molar-refractivity contribution is 6.31. The maximum atomic E-state index is 6.01. The van der Waals surface area contributed by atoms with E-state index in [2.05, 4.69) is 29.1 Å². The molecule has 2 nitrogen and oxygen atoms in total. The van der Waals surface area contributed by atoms with Crippen molar-refractivity contribution in [2.24, 2.45) is 0 Å². The zero-order valence-electron chi connectivity index (χ0n) is 10.5. The van der Waals surface area contributed by atoms with E-state index in [-0.39, 0.29) is 0 Å². The second kappa shape index (κ2) is 4.90. The normalized spacial score (nSPS) is 10.6. The van der Waals surface area contributed by atoms with Crippen LogP contribution in [0.1, 0.15) is 0 Å². The molecule has 1 aromatic heterocycles. The number of para-hydroxylation sites is 1. The monoisotopic (exact) mass is 268 g/mol. The Bertz CT molecular complexity index is 710. The Balaban J connectivity index is 2.15. The number of anilines is 2. The van der Waals surface area contributed by atoms with Crippen molar-refractivity contribution >= 4 is 33.9 Å². The first-order chi connectivity index (χ1) is 9.25. The molecule has 0 N–H and O–H groups in total. The first-order valence-electron chi connectivity index (χ1n) is 6.09. The van der Waals surface area contributed by atoms with Gasteiger partial charge in [0, 0.05) is 29.3 Å². The van der Waals surface area contributed by atoms with E-state index in [0.717, 1.165) is 22.3 Å². The van der Waals surface area contributed by atoms with Crippen molar-refractivity contribution in [3.63, 3.8) is 0 Å². The number of aromatic nitrogens is 1. The van der Waals surface area contributed by atoms with Crippen LogP contribution in [0.15, 0.2) is 60.8 Å². The first kappa shape index (κ1) is 12.0. The molecule has 0 amide bonds. The zero-order valence-corrected chi connectivity index (χ0v) is 11.3. The smallest absolute Gasteiger partial charge is 0.0737 e. The molecule has 0 bridgehead atoms. The van der Waals surface area contributed by atoms with E-state index in [1.165, 1.54) is 0 Å². The molecule has 0 unspecified atom stereocenters. The van der Waals surface area contributed by atoms with E-state index in [1.54, 1.807) is 0 Å². The maximum absolute atomic E-state index is 6.01. The van der Waals surface area contributed by atoms with Gasteiger partial charge in [0.05, 0.1) is 11.2 Å². The Morgan fingerprint density at radius 1 is 1.00 bits per heavy atom. The fourth-order valence-electron chi connectivity index (χ4n) is 2.19. The Kier molecular flexibility index (Phi) is 3.10. The molecule has 3 aromatic rings. The van der Waals surface area contributed by atoms with Crippen LogP contribution >= 0.6 is 11.6 Å². The predicted molar refractivity (Wildman–Crippen MR) is 81.3 cm³/mol. The average Bonchev–Trinajstić information content (AvgIpc) is 2.46. The highest BCUT2D eigenvalue weighted by atomic mass is 35.5. The van der Waals surface area contributed by atoms with Crippen LogP contribution in [0.2, 0.25) is 5.02 Å². The third-order valence-electron chi connectivity index (χ3n) is 3.19. The van der Waals surface area contributed by atoms with Gasteiger partial charge in [-0.1, -0.05) is 29.8 Å². The van der Waals surface area contributed by atoms with Crippen molar-refractivity contribution in [3.8, 4) is 0 Å². The van der Waals surface area contributed by atoms with Gasteiger partial charge in [0.2, 0.25) is 0 Å². The van der Waals surface area contributed by atoms with Crippen LogP contribution in [0, 0.1) is 0 Å². The van der Waals surface area contributed by atoms with Gasteiger partial charge in [-0.05, 0) is 36.4 Å². The SMILES string of the molecule is CN(c1ccccc1)c1ccnc2cc(Cl)ccc12. The van der Waals surface area contributed by atoms with E-state index in [9.17, 15) is 0 Å². The summed E-state index contributed by atoms with van der Waals surface area (Å²) in [6.07, 6.45) is 1.81. The van der Waals surface area contributed by atoms with Gasteiger partial charge in [-0.15, -0.1) is 0 Å². The van der Waals surface area contributed by atoms with Crippen LogP contribution in [0.4, 0.5) is 11.4 Å². The third-order valence-corrected chi connectivity index (χ3v) is 3.42. The molecule has 0 aliphatic carbocycles. The Hall–Kier alpha value is -2.06. The molecule has 0 aliphatic heterocycles. The van der Waals surface area contributed by atoms with Crippen molar-refractivity contribution in [1.82, 2.24) is 4.98 Å². The molecule has 1 heterocycles. The van der Waals surface area contributed by atoms with Gasteiger partial charge in [0.25, 0.3) is 0 Å². The molecular weight excluding hydrogens is 256 g/mol. The van der Waals surface area contributed by atoms with Gasteiger partial charge < -0.3 is 4.90 Å². The topological polar surface area (TPSA) is 16.1 Å². The van der Waals surface area contributed by atoms with Crippen molar-refractivity contribution in [2.75, 3.05) is 11.9 Å². The lowest BCUT2D eigenvalue weighted by Gasteiger charge is -2.21. The van der Waals surface area contributed by atoms with E-state index < -0.39 is 0 Å². The molecule has 0 spiro atoms. The molecule has 3 heteroatoms. The summed E-state index contributed by atoms with van der Waals surface area (Å²) in [5.74, 6) is 0. The van der Waals surface area contributed by atoms with Crippen molar-refractivity contribution < 1.29 is 0 Å². The quantitative estimate of drug-likeness (QED) is 0.672. The molecule has 3 rings (SSSR count). The Morgan fingerprint density at radius 2 is 1.79 bits per heavy atom. The third kappa shape index (κ3) is 2.27. The molecular formula is C16H13ClN2. The summed E-state index contributed by atoms with van der Waals surface area (Å²) >= 11 is 6.01. The molecule has 0 aliphatic rings. The lowest BCUT2D eigenvalue weighted by molar-refractivity contribution is 1.21. The number of fused-ring (bicyclic) bond motifs is 1. The first-order valence-corrected chi connectivity index (χ1v) is 6.46. The Labute approximate surface area is 117 Å². The van der Waals surface area contributed by atoms with Crippen molar-refractivity contribution in [3.05, 3.63) is 65.8 Å². The number of halogens is 1. The van der Waals surface area contributed by atoms with Gasteiger partial charge in [0.1, 0.15) is 0 Å². The standard InChI is InChI=1S/C16H13ClN2/c1-19(13-5-3-2-4-6-13)16-9-10-18-15-11-12(17)7-8-14(15)16/h2-11H,1H3. The number of rotatable bonds is 2. The number of benzene rings is 2. The van der Waals surface area contributed by atoms with Crippen LogP contribution in [0.3, 0.4) is 0 Å². The Morgan fingerprint density at radius 3 is 2.58 bits per heavy atom. The molecule has 0 saturated heterocycles. The van der Waals surface area contributed by atoms with Gasteiger partial charge in [-0.2, -0.15) is 0 Å². The van der Waals surface area contributed by atoms with E-state index >= 15 is 0 Å². The highest BCUT2D eigenvalue weighted by Gasteiger charge is 2.08. The molecule has 0 atom stereocenters. The second-order valence-corrected chi connectivity index (χ2v) is 4.82. The minimum absolute atomic E-state index is 0.708. The average molecular weight is 269 g/mol. The van der Waals surface area contributed by atoms with Gasteiger partial charge in [-0.3, -0.25) is 4.98 Å². The fourth-order valence-corrected chi connectivity index (χ4v) is 2.36. The van der Waals surface area contributed by atoms with E-state index in [0.29, 0.717) is 5.02 Å². The van der Waals surface area contributed by atoms with Crippen LogP contribution in [0.25, 0.3) is 10.9 Å². The fraction of sp³-hybridized carbons (Fsp3) is 0.0625. The van der Waals surface area contributed by atoms with Gasteiger partial charge in [0.15, 0.2) is 0 Å². The van der Waals surface area contributed by atoms with Gasteiger partial charge >= 0.3 is 0 Å². The maximum Gasteiger partial charge on any atom is 0.0737 e. The molecule has 2 aromatic carbocycles. The van der Waals surface area contributed by atoms with E-state index in [1.807, 2.05) is 48.7 Å². The summed E-state index contributed by atoms with van der Waals surface area (Å²) in [6, 6.07) is 18.1. The molecule has 0 saturated carbocycles. The van der Waals surface area contributed by atoms with Crippen LogP contribution < -0.4 is 4.90 Å². The number of hydrogen-bond donors (Lipinski definition) is 0. The summed E-state index contributed by atoms with van der Waals surface area (Å²) < 4.78 is 0. The number of hydrogen-bond acceptors (Lipinski definition) is 2. The molecule has 0 fully saturated rings. The molecule has 94 valence electrons. The zero-order chi connectivity index (χ0) is 13.2. The van der Waals surface area contributed by atoms with Crippen molar-refractivity contribution in [1.29, 1.82) is 0 Å². The summed E-state index contributed by atoms with van der Waals surface area (Å²) in [4.78, 5) is 6.52. The lowest BCUT2D eigenvalue weighted by atomic mass is 10.1. The summed E-state index contributed by atoms with van der Waals surface area (Å²) in [6.45, 7) is 0. The number of nitrogens with zero attached hydrogens (tertiary/aromatic N) is 2. The highest BCUT2D eigenvalue weighted by Crippen LogP contribution is 2.30. The number of pyridine rings is 1. The minimum Gasteiger partial charge on any atom is -0.344 e. The van der Waals surface area contributed by atoms with Crippen LogP contribution in [0.5, 0.6) is 0 Å². The molecule has 0 radical (unpaired) electrons.